The van der Waals surface area contributed by atoms with E-state index in [1.54, 1.807) is 28.9 Å². The van der Waals surface area contributed by atoms with Gasteiger partial charge in [0.15, 0.2) is 0 Å². The smallest absolute Gasteiger partial charge is 0.138 e. The fraction of sp³-hybridized carbons (Fsp3) is 0.312. The quantitative estimate of drug-likeness (QED) is 0.654. The van der Waals surface area contributed by atoms with Crippen LogP contribution in [0.3, 0.4) is 0 Å². The monoisotopic (exact) mass is 357 g/mol. The van der Waals surface area contributed by atoms with E-state index in [0.717, 1.165) is 49.8 Å². The second kappa shape index (κ2) is 6.03. The zero-order valence-corrected chi connectivity index (χ0v) is 14.9. The molecule has 6 nitrogen and oxygen atoms in total. The van der Waals surface area contributed by atoms with E-state index in [2.05, 4.69) is 20.0 Å². The maximum Gasteiger partial charge on any atom is 0.138 e. The predicted octanol–water partition coefficient (Wildman–Crippen LogP) is 4.28. The summed E-state index contributed by atoms with van der Waals surface area (Å²) >= 11 is 3.22. The van der Waals surface area contributed by atoms with Crippen LogP contribution in [0.4, 0.5) is 5.00 Å². The SMILES string of the molecule is Cc1nc(-c2cccnc2)sc1-c1nc2c(s1)N(C)CCC2N=O. The molecule has 0 saturated heterocycles. The van der Waals surface area contributed by atoms with Gasteiger partial charge in [-0.15, -0.1) is 11.3 Å². The highest BCUT2D eigenvalue weighted by Gasteiger charge is 2.29. The van der Waals surface area contributed by atoms with Crippen molar-refractivity contribution in [1.29, 1.82) is 0 Å². The molecular weight excluding hydrogens is 342 g/mol. The molecular formula is C16H15N5OS2. The van der Waals surface area contributed by atoms with Gasteiger partial charge < -0.3 is 4.90 Å². The highest BCUT2D eigenvalue weighted by atomic mass is 32.1. The van der Waals surface area contributed by atoms with Gasteiger partial charge in [-0.05, 0) is 25.5 Å². The summed E-state index contributed by atoms with van der Waals surface area (Å²) < 4.78 is 0. The molecule has 0 N–H and O–H groups in total. The molecule has 1 unspecified atom stereocenters. The van der Waals surface area contributed by atoms with Gasteiger partial charge in [0.25, 0.3) is 0 Å². The molecule has 0 radical (unpaired) electrons. The molecule has 8 heteroatoms. The van der Waals surface area contributed by atoms with Crippen molar-refractivity contribution in [3.63, 3.8) is 0 Å². The molecule has 0 saturated carbocycles. The maximum atomic E-state index is 11.1. The van der Waals surface area contributed by atoms with Crippen molar-refractivity contribution < 1.29 is 0 Å². The van der Waals surface area contributed by atoms with Crippen LogP contribution < -0.4 is 4.90 Å². The molecule has 0 fully saturated rings. The Morgan fingerprint density at radius 2 is 2.17 bits per heavy atom. The molecule has 0 spiro atoms. The standard InChI is InChI=1S/C16H15N5OS2/c1-9-13(23-14(18-9)10-4-3-6-17-8-10)15-19-12-11(20-22)5-7-21(2)16(12)24-15/h3-4,6,8,11H,5,7H2,1-2H3. The predicted molar refractivity (Wildman–Crippen MR) is 97.6 cm³/mol. The molecule has 3 aromatic heterocycles. The third-order valence-electron chi connectivity index (χ3n) is 4.06. The van der Waals surface area contributed by atoms with Crippen LogP contribution in [0.2, 0.25) is 0 Å². The van der Waals surface area contributed by atoms with Crippen LogP contribution in [0.5, 0.6) is 0 Å². The highest BCUT2D eigenvalue weighted by molar-refractivity contribution is 7.25. The topological polar surface area (TPSA) is 71.3 Å². The van der Waals surface area contributed by atoms with Crippen molar-refractivity contribution in [1.82, 2.24) is 15.0 Å². The lowest BCUT2D eigenvalue weighted by molar-refractivity contribution is 0.603. The number of fused-ring (bicyclic) bond motifs is 1. The Hall–Kier alpha value is -2.19. The van der Waals surface area contributed by atoms with Crippen molar-refractivity contribution in [3.05, 3.63) is 40.8 Å². The van der Waals surface area contributed by atoms with E-state index in [1.165, 1.54) is 0 Å². The fourth-order valence-corrected chi connectivity index (χ4v) is 5.07. The van der Waals surface area contributed by atoms with Crippen LogP contribution in [0.1, 0.15) is 23.9 Å². The highest BCUT2D eigenvalue weighted by Crippen LogP contribution is 2.45. The summed E-state index contributed by atoms with van der Waals surface area (Å²) in [6.45, 7) is 2.82. The fourth-order valence-electron chi connectivity index (χ4n) is 2.78. The number of pyridine rings is 1. The minimum atomic E-state index is -0.341. The third-order valence-corrected chi connectivity index (χ3v) is 6.61. The number of aryl methyl sites for hydroxylation is 1. The molecule has 0 amide bonds. The molecule has 1 atom stereocenters. The molecule has 4 heterocycles. The zero-order chi connectivity index (χ0) is 16.7. The number of nitroso groups, excluding NO2 is 1. The van der Waals surface area contributed by atoms with Gasteiger partial charge in [0, 0.05) is 31.5 Å². The minimum absolute atomic E-state index is 0.341. The molecule has 0 bridgehead atoms. The first-order chi connectivity index (χ1) is 11.7. The van der Waals surface area contributed by atoms with E-state index in [4.69, 9.17) is 4.98 Å². The average Bonchev–Trinajstić information content (AvgIpc) is 3.20. The molecule has 3 aromatic rings. The summed E-state index contributed by atoms with van der Waals surface area (Å²) in [5.74, 6) is 0. The molecule has 0 aliphatic carbocycles. The number of thiazole rings is 2. The largest absolute Gasteiger partial charge is 0.365 e. The van der Waals surface area contributed by atoms with Crippen LogP contribution in [-0.2, 0) is 0 Å². The van der Waals surface area contributed by atoms with Gasteiger partial charge in [-0.1, -0.05) is 16.5 Å². The second-order valence-electron chi connectivity index (χ2n) is 5.72. The van der Waals surface area contributed by atoms with E-state index in [-0.39, 0.29) is 6.04 Å². The summed E-state index contributed by atoms with van der Waals surface area (Å²) in [5, 5.41) is 6.13. The lowest BCUT2D eigenvalue weighted by Crippen LogP contribution is -2.25. The summed E-state index contributed by atoms with van der Waals surface area (Å²) in [6, 6.07) is 3.57. The van der Waals surface area contributed by atoms with Gasteiger partial charge in [0.05, 0.1) is 10.6 Å². The van der Waals surface area contributed by atoms with Crippen LogP contribution in [0, 0.1) is 11.8 Å². The molecule has 122 valence electrons. The van der Waals surface area contributed by atoms with Gasteiger partial charge in [-0.25, -0.2) is 9.97 Å². The Morgan fingerprint density at radius 1 is 1.29 bits per heavy atom. The van der Waals surface area contributed by atoms with E-state index in [9.17, 15) is 4.91 Å². The summed E-state index contributed by atoms with van der Waals surface area (Å²) in [7, 11) is 2.03. The van der Waals surface area contributed by atoms with Crippen molar-refractivity contribution >= 4 is 27.7 Å². The number of anilines is 1. The van der Waals surface area contributed by atoms with Crippen molar-refractivity contribution in [2.45, 2.75) is 19.4 Å². The maximum absolute atomic E-state index is 11.1. The lowest BCUT2D eigenvalue weighted by Gasteiger charge is -2.25. The molecule has 1 aliphatic rings. The Morgan fingerprint density at radius 3 is 2.92 bits per heavy atom. The number of nitrogens with zero attached hydrogens (tertiary/aromatic N) is 5. The number of hydrogen-bond donors (Lipinski definition) is 0. The van der Waals surface area contributed by atoms with Crippen molar-refractivity contribution in [3.8, 4) is 20.5 Å². The summed E-state index contributed by atoms with van der Waals surface area (Å²) in [5.41, 5.74) is 2.75. The summed E-state index contributed by atoms with van der Waals surface area (Å²) in [4.78, 5) is 27.9. The van der Waals surface area contributed by atoms with E-state index in [1.807, 2.05) is 32.3 Å². The van der Waals surface area contributed by atoms with Gasteiger partial charge in [0.1, 0.15) is 26.8 Å². The van der Waals surface area contributed by atoms with Crippen molar-refractivity contribution in [2.24, 2.45) is 5.18 Å². The average molecular weight is 357 g/mol. The Bertz CT molecular complexity index is 889. The van der Waals surface area contributed by atoms with Crippen LogP contribution >= 0.6 is 22.7 Å². The van der Waals surface area contributed by atoms with Gasteiger partial charge in [-0.3, -0.25) is 4.98 Å². The normalized spacial score (nSPS) is 16.9. The third kappa shape index (κ3) is 2.51. The number of hydrogen-bond acceptors (Lipinski definition) is 8. The molecule has 1 aliphatic heterocycles. The molecule has 24 heavy (non-hydrogen) atoms. The minimum Gasteiger partial charge on any atom is -0.365 e. The first-order valence-electron chi connectivity index (χ1n) is 7.60. The van der Waals surface area contributed by atoms with E-state index < -0.39 is 0 Å². The van der Waals surface area contributed by atoms with Gasteiger partial charge in [0.2, 0.25) is 0 Å². The van der Waals surface area contributed by atoms with Crippen molar-refractivity contribution in [2.75, 3.05) is 18.5 Å². The Balaban J connectivity index is 1.78. The summed E-state index contributed by atoms with van der Waals surface area (Å²) in [6.07, 6.45) is 4.29. The van der Waals surface area contributed by atoms with E-state index >= 15 is 0 Å². The van der Waals surface area contributed by atoms with Crippen LogP contribution in [-0.4, -0.2) is 28.5 Å². The molecule has 0 aromatic carbocycles. The van der Waals surface area contributed by atoms with Crippen LogP contribution in [0.15, 0.2) is 29.7 Å². The number of rotatable bonds is 3. The van der Waals surface area contributed by atoms with E-state index in [0.29, 0.717) is 0 Å². The number of aromatic nitrogens is 3. The van der Waals surface area contributed by atoms with Gasteiger partial charge >= 0.3 is 0 Å². The van der Waals surface area contributed by atoms with Gasteiger partial charge in [-0.2, -0.15) is 4.91 Å². The second-order valence-corrected chi connectivity index (χ2v) is 7.69. The Kier molecular flexibility index (Phi) is 3.85. The lowest BCUT2D eigenvalue weighted by atomic mass is 10.1. The van der Waals surface area contributed by atoms with Crippen LogP contribution in [0.25, 0.3) is 20.5 Å². The first-order valence-corrected chi connectivity index (χ1v) is 9.23. The first kappa shape index (κ1) is 15.3. The molecule has 4 rings (SSSR count). The Labute approximate surface area is 147 Å². The zero-order valence-electron chi connectivity index (χ0n) is 13.3.